The molecule has 1 saturated heterocycles. The highest BCUT2D eigenvalue weighted by molar-refractivity contribution is 7.89. The van der Waals surface area contributed by atoms with E-state index < -0.39 is 10.0 Å². The summed E-state index contributed by atoms with van der Waals surface area (Å²) in [7, 11) is -3.52. The fourth-order valence-corrected chi connectivity index (χ4v) is 5.19. The van der Waals surface area contributed by atoms with Crippen molar-refractivity contribution >= 4 is 21.6 Å². The molecule has 0 atom stereocenters. The second-order valence-corrected chi connectivity index (χ2v) is 10.7. The van der Waals surface area contributed by atoms with Crippen LogP contribution in [0.5, 0.6) is 0 Å². The molecule has 0 bridgehead atoms. The van der Waals surface area contributed by atoms with E-state index in [0.717, 1.165) is 25.0 Å². The van der Waals surface area contributed by atoms with Gasteiger partial charge in [-0.3, -0.25) is 4.79 Å². The predicted molar refractivity (Wildman–Crippen MR) is 120 cm³/mol. The second-order valence-electron chi connectivity index (χ2n) is 8.72. The van der Waals surface area contributed by atoms with E-state index in [-0.39, 0.29) is 10.8 Å². The molecule has 166 valence electrons. The lowest BCUT2D eigenvalue weighted by atomic mass is 10.0. The molecule has 6 nitrogen and oxygen atoms in total. The standard InChI is InChI=1S/C24H30N2O4S/c1-18-11-13-26(14-12-18)31(28,29)23-9-7-21(8-10-23)24(27)25-22-4-2-3-20(15-22)17-30-16-19-5-6-19/h2-4,7-10,15,18-19H,5-6,11-14,16-17H2,1H3,(H,25,27). The first-order valence-corrected chi connectivity index (χ1v) is 12.4. The molecular formula is C24H30N2O4S. The summed E-state index contributed by atoms with van der Waals surface area (Å²) in [4.78, 5) is 12.9. The number of anilines is 1. The molecule has 2 fully saturated rings. The monoisotopic (exact) mass is 442 g/mol. The highest BCUT2D eigenvalue weighted by Gasteiger charge is 2.28. The van der Waals surface area contributed by atoms with E-state index in [4.69, 9.17) is 4.74 Å². The second kappa shape index (κ2) is 9.51. The maximum atomic E-state index is 12.8. The first-order valence-electron chi connectivity index (χ1n) is 11.0. The number of sulfonamides is 1. The molecule has 0 radical (unpaired) electrons. The summed E-state index contributed by atoms with van der Waals surface area (Å²) < 4.78 is 33.0. The van der Waals surface area contributed by atoms with Gasteiger partial charge in [0, 0.05) is 30.9 Å². The van der Waals surface area contributed by atoms with Gasteiger partial charge in [0.1, 0.15) is 0 Å². The lowest BCUT2D eigenvalue weighted by molar-refractivity contribution is 0.102. The fourth-order valence-electron chi connectivity index (χ4n) is 3.72. The molecule has 0 unspecified atom stereocenters. The number of carbonyl (C=O) groups excluding carboxylic acids is 1. The van der Waals surface area contributed by atoms with Crippen molar-refractivity contribution in [1.82, 2.24) is 4.31 Å². The van der Waals surface area contributed by atoms with Crippen LogP contribution < -0.4 is 5.32 Å². The number of nitrogens with one attached hydrogen (secondary N) is 1. The summed E-state index contributed by atoms with van der Waals surface area (Å²) in [6.45, 7) is 4.57. The molecule has 2 aliphatic rings. The van der Waals surface area contributed by atoms with Gasteiger partial charge in [-0.15, -0.1) is 0 Å². The van der Waals surface area contributed by atoms with E-state index in [0.29, 0.717) is 42.8 Å². The molecule has 2 aromatic rings. The van der Waals surface area contributed by atoms with Gasteiger partial charge in [0.15, 0.2) is 0 Å². The molecule has 1 N–H and O–H groups in total. The average Bonchev–Trinajstić information content (AvgIpc) is 3.59. The third-order valence-electron chi connectivity index (χ3n) is 6.00. The third kappa shape index (κ3) is 5.73. The first kappa shape index (κ1) is 22.0. The highest BCUT2D eigenvalue weighted by Crippen LogP contribution is 2.29. The quantitative estimate of drug-likeness (QED) is 0.662. The lowest BCUT2D eigenvalue weighted by Crippen LogP contribution is -2.37. The summed E-state index contributed by atoms with van der Waals surface area (Å²) >= 11 is 0. The topological polar surface area (TPSA) is 75.7 Å². The van der Waals surface area contributed by atoms with Gasteiger partial charge in [0.2, 0.25) is 10.0 Å². The van der Waals surface area contributed by atoms with Crippen LogP contribution in [0.2, 0.25) is 0 Å². The summed E-state index contributed by atoms with van der Waals surface area (Å²) in [5.74, 6) is 1.00. The Morgan fingerprint density at radius 1 is 1.06 bits per heavy atom. The molecule has 1 aliphatic carbocycles. The summed E-state index contributed by atoms with van der Waals surface area (Å²) in [6, 6.07) is 13.8. The predicted octanol–water partition coefficient (Wildman–Crippen LogP) is 4.29. The molecule has 2 aromatic carbocycles. The smallest absolute Gasteiger partial charge is 0.255 e. The summed E-state index contributed by atoms with van der Waals surface area (Å²) in [5, 5.41) is 2.88. The molecular weight excluding hydrogens is 412 g/mol. The zero-order valence-electron chi connectivity index (χ0n) is 17.9. The van der Waals surface area contributed by atoms with Gasteiger partial charge < -0.3 is 10.1 Å². The highest BCUT2D eigenvalue weighted by atomic mass is 32.2. The van der Waals surface area contributed by atoms with Crippen LogP contribution in [0.3, 0.4) is 0 Å². The number of piperidine rings is 1. The molecule has 7 heteroatoms. The van der Waals surface area contributed by atoms with E-state index in [2.05, 4.69) is 12.2 Å². The SMILES string of the molecule is CC1CCN(S(=O)(=O)c2ccc(C(=O)Nc3cccc(COCC4CC4)c3)cc2)CC1. The zero-order chi connectivity index (χ0) is 21.8. The average molecular weight is 443 g/mol. The van der Waals surface area contributed by atoms with Crippen molar-refractivity contribution in [2.75, 3.05) is 25.0 Å². The molecule has 1 heterocycles. The minimum absolute atomic E-state index is 0.230. The maximum absolute atomic E-state index is 12.8. The normalized spacial score (nSPS) is 18.1. The van der Waals surface area contributed by atoms with Crippen LogP contribution in [-0.4, -0.2) is 38.3 Å². The van der Waals surface area contributed by atoms with E-state index in [1.54, 1.807) is 16.4 Å². The van der Waals surface area contributed by atoms with Crippen molar-refractivity contribution in [2.24, 2.45) is 11.8 Å². The molecule has 31 heavy (non-hydrogen) atoms. The summed E-state index contributed by atoms with van der Waals surface area (Å²) in [5.41, 5.74) is 2.12. The van der Waals surface area contributed by atoms with Crippen molar-refractivity contribution in [1.29, 1.82) is 0 Å². The third-order valence-corrected chi connectivity index (χ3v) is 7.91. The number of benzene rings is 2. The minimum Gasteiger partial charge on any atom is -0.376 e. The van der Waals surface area contributed by atoms with Gasteiger partial charge in [-0.25, -0.2) is 8.42 Å². The fraction of sp³-hybridized carbons (Fsp3) is 0.458. The van der Waals surface area contributed by atoms with E-state index >= 15 is 0 Å². The molecule has 1 amide bonds. The van der Waals surface area contributed by atoms with E-state index in [1.165, 1.54) is 25.0 Å². The van der Waals surface area contributed by atoms with Gasteiger partial charge in [-0.05, 0) is 79.5 Å². The Bertz CT molecular complexity index is 1010. The molecule has 1 saturated carbocycles. The number of hydrogen-bond donors (Lipinski definition) is 1. The van der Waals surface area contributed by atoms with Gasteiger partial charge in [0.05, 0.1) is 11.5 Å². The van der Waals surface area contributed by atoms with Crippen LogP contribution in [-0.2, 0) is 21.4 Å². The van der Waals surface area contributed by atoms with E-state index in [1.807, 2.05) is 24.3 Å². The largest absolute Gasteiger partial charge is 0.376 e. The number of carbonyl (C=O) groups is 1. The first-order chi connectivity index (χ1) is 14.9. The Morgan fingerprint density at radius 3 is 2.45 bits per heavy atom. The van der Waals surface area contributed by atoms with Crippen LogP contribution in [0.15, 0.2) is 53.4 Å². The number of nitrogens with zero attached hydrogens (tertiary/aromatic N) is 1. The minimum atomic E-state index is -3.52. The van der Waals surface area contributed by atoms with Gasteiger partial charge >= 0.3 is 0 Å². The van der Waals surface area contributed by atoms with Crippen LogP contribution in [0.25, 0.3) is 0 Å². The summed E-state index contributed by atoms with van der Waals surface area (Å²) in [6.07, 6.45) is 4.27. The molecule has 0 spiro atoms. The Labute approximate surface area is 184 Å². The zero-order valence-corrected chi connectivity index (χ0v) is 18.7. The van der Waals surface area contributed by atoms with Gasteiger partial charge in [-0.1, -0.05) is 19.1 Å². The van der Waals surface area contributed by atoms with Gasteiger partial charge in [-0.2, -0.15) is 4.31 Å². The van der Waals surface area contributed by atoms with Gasteiger partial charge in [0.25, 0.3) is 5.91 Å². The van der Waals surface area contributed by atoms with Crippen LogP contribution >= 0.6 is 0 Å². The maximum Gasteiger partial charge on any atom is 0.255 e. The van der Waals surface area contributed by atoms with Crippen molar-refractivity contribution in [3.8, 4) is 0 Å². The van der Waals surface area contributed by atoms with Crippen LogP contribution in [0, 0.1) is 11.8 Å². The number of rotatable bonds is 8. The van der Waals surface area contributed by atoms with Crippen molar-refractivity contribution in [3.63, 3.8) is 0 Å². The van der Waals surface area contributed by atoms with Crippen LogP contribution in [0.1, 0.15) is 48.5 Å². The number of amides is 1. The lowest BCUT2D eigenvalue weighted by Gasteiger charge is -2.29. The van der Waals surface area contributed by atoms with Crippen LogP contribution in [0.4, 0.5) is 5.69 Å². The Morgan fingerprint density at radius 2 is 1.77 bits per heavy atom. The Balaban J connectivity index is 1.37. The van der Waals surface area contributed by atoms with Crippen molar-refractivity contribution < 1.29 is 17.9 Å². The van der Waals surface area contributed by atoms with Crippen molar-refractivity contribution in [3.05, 3.63) is 59.7 Å². The number of ether oxygens (including phenoxy) is 1. The molecule has 1 aliphatic heterocycles. The van der Waals surface area contributed by atoms with Crippen molar-refractivity contribution in [2.45, 2.75) is 44.1 Å². The molecule has 0 aromatic heterocycles. The Kier molecular flexibility index (Phi) is 6.74. The Hall–Kier alpha value is -2.22. The molecule has 4 rings (SSSR count). The number of hydrogen-bond acceptors (Lipinski definition) is 4. The van der Waals surface area contributed by atoms with E-state index in [9.17, 15) is 13.2 Å².